The Morgan fingerprint density at radius 1 is 1.00 bits per heavy atom. The highest BCUT2D eigenvalue weighted by Crippen LogP contribution is 2.13. The van der Waals surface area contributed by atoms with Gasteiger partial charge >= 0.3 is 0 Å². The molecule has 2 rings (SSSR count). The zero-order valence-electron chi connectivity index (χ0n) is 11.9. The predicted molar refractivity (Wildman–Crippen MR) is 82.4 cm³/mol. The van der Waals surface area contributed by atoms with Crippen molar-refractivity contribution >= 4 is 0 Å². The molecule has 1 atom stereocenters. The van der Waals surface area contributed by atoms with Crippen molar-refractivity contribution in [1.82, 2.24) is 0 Å². The minimum atomic E-state index is 0.237. The van der Waals surface area contributed by atoms with Gasteiger partial charge in [0.1, 0.15) is 0 Å². The molecule has 2 aromatic rings. The van der Waals surface area contributed by atoms with Gasteiger partial charge in [-0.05, 0) is 49.8 Å². The predicted octanol–water partition coefficient (Wildman–Crippen LogP) is 3.81. The van der Waals surface area contributed by atoms with Crippen molar-refractivity contribution in [3.8, 4) is 0 Å². The minimum absolute atomic E-state index is 0.237. The Morgan fingerprint density at radius 3 is 2.53 bits per heavy atom. The maximum atomic E-state index is 6.25. The summed E-state index contributed by atoms with van der Waals surface area (Å²) in [6, 6.07) is 17.4. The van der Waals surface area contributed by atoms with E-state index in [-0.39, 0.29) is 6.04 Å². The van der Waals surface area contributed by atoms with Gasteiger partial charge in [-0.25, -0.2) is 0 Å². The zero-order chi connectivity index (χ0) is 13.7. The van der Waals surface area contributed by atoms with E-state index in [1.54, 1.807) is 0 Å². The average Bonchev–Trinajstić information content (AvgIpc) is 2.38. The topological polar surface area (TPSA) is 26.0 Å². The molecular weight excluding hydrogens is 230 g/mol. The molecule has 100 valence electrons. The highest BCUT2D eigenvalue weighted by molar-refractivity contribution is 5.26. The largest absolute Gasteiger partial charge is 0.327 e. The number of hydrogen-bond acceptors (Lipinski definition) is 1. The molecule has 19 heavy (non-hydrogen) atoms. The summed E-state index contributed by atoms with van der Waals surface area (Å²) in [6.45, 7) is 4.30. The molecule has 0 aliphatic heterocycles. The lowest BCUT2D eigenvalue weighted by atomic mass is 9.97. The van der Waals surface area contributed by atoms with Crippen molar-refractivity contribution in [1.29, 1.82) is 0 Å². The number of benzene rings is 2. The van der Waals surface area contributed by atoms with Crippen LogP contribution in [0.1, 0.15) is 28.7 Å². The Morgan fingerprint density at radius 2 is 1.79 bits per heavy atom. The highest BCUT2D eigenvalue weighted by Gasteiger charge is 2.06. The summed E-state index contributed by atoms with van der Waals surface area (Å²) in [5.74, 6) is 0. The van der Waals surface area contributed by atoms with Crippen LogP contribution in [0.3, 0.4) is 0 Å². The third-order valence-corrected chi connectivity index (χ3v) is 3.63. The molecule has 0 aliphatic carbocycles. The van der Waals surface area contributed by atoms with Crippen LogP contribution < -0.4 is 5.73 Å². The fraction of sp³-hybridized carbons (Fsp3) is 0.333. The van der Waals surface area contributed by atoms with Gasteiger partial charge in [-0.1, -0.05) is 54.1 Å². The molecule has 2 aromatic carbocycles. The number of nitrogens with two attached hydrogens (primary N) is 1. The summed E-state index contributed by atoms with van der Waals surface area (Å²) in [5.41, 5.74) is 11.7. The first-order valence-electron chi connectivity index (χ1n) is 7.01. The van der Waals surface area contributed by atoms with Gasteiger partial charge in [0, 0.05) is 6.04 Å². The molecule has 0 aliphatic rings. The second-order valence-corrected chi connectivity index (χ2v) is 5.42. The highest BCUT2D eigenvalue weighted by atomic mass is 14.6. The van der Waals surface area contributed by atoms with Crippen LogP contribution in [-0.4, -0.2) is 6.04 Å². The van der Waals surface area contributed by atoms with Crippen LogP contribution in [0.4, 0.5) is 0 Å². The molecule has 2 N–H and O–H groups in total. The quantitative estimate of drug-likeness (QED) is 0.861. The van der Waals surface area contributed by atoms with Gasteiger partial charge in [-0.2, -0.15) is 0 Å². The van der Waals surface area contributed by atoms with Gasteiger partial charge in [0.25, 0.3) is 0 Å². The van der Waals surface area contributed by atoms with Gasteiger partial charge < -0.3 is 5.73 Å². The van der Waals surface area contributed by atoms with Crippen molar-refractivity contribution < 1.29 is 0 Å². The Bertz CT molecular complexity index is 531. The van der Waals surface area contributed by atoms with Gasteiger partial charge in [0.05, 0.1) is 0 Å². The molecule has 0 spiro atoms. The minimum Gasteiger partial charge on any atom is -0.327 e. The first-order chi connectivity index (χ1) is 9.15. The van der Waals surface area contributed by atoms with Crippen molar-refractivity contribution in [3.63, 3.8) is 0 Å². The van der Waals surface area contributed by atoms with Crippen molar-refractivity contribution in [2.75, 3.05) is 0 Å². The number of hydrogen-bond donors (Lipinski definition) is 1. The summed E-state index contributed by atoms with van der Waals surface area (Å²) >= 11 is 0. The normalized spacial score (nSPS) is 12.4. The van der Waals surface area contributed by atoms with Crippen LogP contribution in [0.15, 0.2) is 48.5 Å². The first kappa shape index (κ1) is 13.8. The zero-order valence-corrected chi connectivity index (χ0v) is 11.9. The smallest absolute Gasteiger partial charge is 0.00824 e. The van der Waals surface area contributed by atoms with E-state index in [4.69, 9.17) is 5.73 Å². The second kappa shape index (κ2) is 6.53. The van der Waals surface area contributed by atoms with Gasteiger partial charge in [-0.3, -0.25) is 0 Å². The maximum absolute atomic E-state index is 6.25. The van der Waals surface area contributed by atoms with Crippen molar-refractivity contribution in [2.45, 2.75) is 39.2 Å². The molecule has 0 radical (unpaired) electrons. The van der Waals surface area contributed by atoms with E-state index in [9.17, 15) is 0 Å². The number of aryl methyl sites for hydroxylation is 3. The van der Waals surface area contributed by atoms with Crippen LogP contribution in [-0.2, 0) is 12.8 Å². The van der Waals surface area contributed by atoms with E-state index >= 15 is 0 Å². The second-order valence-electron chi connectivity index (χ2n) is 5.42. The van der Waals surface area contributed by atoms with E-state index in [0.29, 0.717) is 0 Å². The molecule has 0 heterocycles. The Kier molecular flexibility index (Phi) is 4.75. The number of rotatable bonds is 5. The summed E-state index contributed by atoms with van der Waals surface area (Å²) in [4.78, 5) is 0. The summed E-state index contributed by atoms with van der Waals surface area (Å²) in [7, 11) is 0. The third-order valence-electron chi connectivity index (χ3n) is 3.63. The molecule has 0 amide bonds. The fourth-order valence-electron chi connectivity index (χ4n) is 2.48. The van der Waals surface area contributed by atoms with E-state index < -0.39 is 0 Å². The van der Waals surface area contributed by atoms with Crippen LogP contribution in [0, 0.1) is 13.8 Å². The van der Waals surface area contributed by atoms with Crippen LogP contribution >= 0.6 is 0 Å². The van der Waals surface area contributed by atoms with Crippen LogP contribution in [0.25, 0.3) is 0 Å². The maximum Gasteiger partial charge on any atom is 0.00824 e. The monoisotopic (exact) mass is 253 g/mol. The lowest BCUT2D eigenvalue weighted by Gasteiger charge is -2.13. The molecular formula is C18H23N. The molecule has 0 bridgehead atoms. The summed E-state index contributed by atoms with van der Waals surface area (Å²) < 4.78 is 0. The lowest BCUT2D eigenvalue weighted by Crippen LogP contribution is -2.23. The van der Waals surface area contributed by atoms with Gasteiger partial charge in [0.2, 0.25) is 0 Å². The van der Waals surface area contributed by atoms with Crippen LogP contribution in [0.5, 0.6) is 0 Å². The Balaban J connectivity index is 1.88. The molecule has 0 aromatic heterocycles. The van der Waals surface area contributed by atoms with Crippen molar-refractivity contribution in [3.05, 3.63) is 70.8 Å². The standard InChI is InChI=1S/C18H23N/c1-14-6-5-8-16(12-14)13-18(19)11-10-17-9-4-3-7-15(17)2/h3-9,12,18H,10-11,13,19H2,1-2H3. The van der Waals surface area contributed by atoms with Crippen molar-refractivity contribution in [2.24, 2.45) is 5.73 Å². The average molecular weight is 253 g/mol. The summed E-state index contributed by atoms with van der Waals surface area (Å²) in [6.07, 6.45) is 3.08. The molecule has 0 saturated carbocycles. The van der Waals surface area contributed by atoms with E-state index in [0.717, 1.165) is 19.3 Å². The first-order valence-corrected chi connectivity index (χ1v) is 7.01. The van der Waals surface area contributed by atoms with E-state index in [2.05, 4.69) is 62.4 Å². The fourth-order valence-corrected chi connectivity index (χ4v) is 2.48. The van der Waals surface area contributed by atoms with Crippen LogP contribution in [0.2, 0.25) is 0 Å². The summed E-state index contributed by atoms with van der Waals surface area (Å²) in [5, 5.41) is 0. The van der Waals surface area contributed by atoms with E-state index in [1.807, 2.05) is 0 Å². The lowest BCUT2D eigenvalue weighted by molar-refractivity contribution is 0.609. The Labute approximate surface area is 116 Å². The Hall–Kier alpha value is -1.60. The molecule has 0 saturated heterocycles. The molecule has 1 nitrogen and oxygen atoms in total. The molecule has 0 fully saturated rings. The molecule has 1 heteroatoms. The molecule has 1 unspecified atom stereocenters. The van der Waals surface area contributed by atoms with Gasteiger partial charge in [0.15, 0.2) is 0 Å². The van der Waals surface area contributed by atoms with E-state index in [1.165, 1.54) is 22.3 Å². The third kappa shape index (κ3) is 4.22. The van der Waals surface area contributed by atoms with Gasteiger partial charge in [-0.15, -0.1) is 0 Å². The SMILES string of the molecule is Cc1cccc(CC(N)CCc2ccccc2C)c1.